The third kappa shape index (κ3) is 2.00. The smallest absolute Gasteiger partial charge is 0.166 e. The molecule has 1 fully saturated rings. The van der Waals surface area contributed by atoms with Crippen molar-refractivity contribution in [3.63, 3.8) is 0 Å². The van der Waals surface area contributed by atoms with Crippen LogP contribution in [-0.4, -0.2) is 12.9 Å². The Morgan fingerprint density at radius 1 is 1.47 bits per heavy atom. The predicted octanol–water partition coefficient (Wildman–Crippen LogP) is 3.33. The van der Waals surface area contributed by atoms with E-state index in [1.165, 1.54) is 6.42 Å². The van der Waals surface area contributed by atoms with E-state index in [9.17, 15) is 4.79 Å². The van der Waals surface area contributed by atoms with Crippen molar-refractivity contribution in [1.29, 1.82) is 0 Å². The minimum atomic E-state index is 0.218. The van der Waals surface area contributed by atoms with Gasteiger partial charge in [-0.15, -0.1) is 0 Å². The van der Waals surface area contributed by atoms with Crippen LogP contribution in [0.2, 0.25) is 5.02 Å². The average Bonchev–Trinajstić information content (AvgIpc) is 2.15. The molecule has 1 aromatic rings. The van der Waals surface area contributed by atoms with E-state index in [4.69, 9.17) is 16.3 Å². The van der Waals surface area contributed by atoms with Gasteiger partial charge in [-0.05, 0) is 31.0 Å². The summed E-state index contributed by atoms with van der Waals surface area (Å²) in [5, 5.41) is 0.544. The fourth-order valence-electron chi connectivity index (χ4n) is 1.72. The number of methoxy groups -OCH3 is 1. The highest BCUT2D eigenvalue weighted by Gasteiger charge is 2.26. The number of hydrogen-bond donors (Lipinski definition) is 0. The second-order valence-electron chi connectivity index (χ2n) is 3.84. The molecule has 0 radical (unpaired) electrons. The van der Waals surface area contributed by atoms with Crippen LogP contribution in [0.15, 0.2) is 18.2 Å². The van der Waals surface area contributed by atoms with Gasteiger partial charge in [0.1, 0.15) is 5.75 Å². The Kier molecular flexibility index (Phi) is 2.96. The molecule has 1 aromatic carbocycles. The van der Waals surface area contributed by atoms with Crippen molar-refractivity contribution in [1.82, 2.24) is 0 Å². The van der Waals surface area contributed by atoms with Crippen LogP contribution < -0.4 is 4.74 Å². The number of ether oxygens (including phenoxy) is 1. The molecule has 1 aliphatic carbocycles. The third-order valence-electron chi connectivity index (χ3n) is 2.91. The molecule has 0 bridgehead atoms. The first-order chi connectivity index (χ1) is 7.22. The standard InChI is InChI=1S/C12H13ClO2/c1-15-11-7-9(5-6-10(11)13)12(14)8-3-2-4-8/h5-8H,2-4H2,1H3. The lowest BCUT2D eigenvalue weighted by atomic mass is 9.80. The second kappa shape index (κ2) is 4.23. The van der Waals surface area contributed by atoms with E-state index in [0.717, 1.165) is 12.8 Å². The van der Waals surface area contributed by atoms with Gasteiger partial charge in [0.05, 0.1) is 12.1 Å². The quantitative estimate of drug-likeness (QED) is 0.737. The molecule has 0 N–H and O–H groups in total. The third-order valence-corrected chi connectivity index (χ3v) is 3.22. The van der Waals surface area contributed by atoms with Crippen LogP contribution in [-0.2, 0) is 0 Å². The molecule has 0 amide bonds. The first-order valence-corrected chi connectivity index (χ1v) is 5.48. The summed E-state index contributed by atoms with van der Waals surface area (Å²) in [6, 6.07) is 5.21. The first-order valence-electron chi connectivity index (χ1n) is 5.10. The number of carbonyl (C=O) groups excluding carboxylic acids is 1. The van der Waals surface area contributed by atoms with E-state index < -0.39 is 0 Å². The Morgan fingerprint density at radius 3 is 2.73 bits per heavy atom. The first kappa shape index (κ1) is 10.5. The maximum Gasteiger partial charge on any atom is 0.166 e. The number of benzene rings is 1. The molecule has 1 saturated carbocycles. The van der Waals surface area contributed by atoms with Crippen molar-refractivity contribution in [2.45, 2.75) is 19.3 Å². The number of rotatable bonds is 3. The highest BCUT2D eigenvalue weighted by atomic mass is 35.5. The Balaban J connectivity index is 2.24. The molecule has 0 atom stereocenters. The van der Waals surface area contributed by atoms with Crippen LogP contribution in [0.25, 0.3) is 0 Å². The molecule has 0 saturated heterocycles. The molecule has 80 valence electrons. The molecule has 3 heteroatoms. The van der Waals surface area contributed by atoms with E-state index >= 15 is 0 Å². The second-order valence-corrected chi connectivity index (χ2v) is 4.25. The lowest BCUT2D eigenvalue weighted by molar-refractivity contribution is 0.0855. The van der Waals surface area contributed by atoms with Gasteiger partial charge in [-0.25, -0.2) is 0 Å². The van der Waals surface area contributed by atoms with Gasteiger partial charge in [0, 0.05) is 11.5 Å². The number of Topliss-reactive ketones (excluding diaryl/α,β-unsaturated/α-hetero) is 1. The van der Waals surface area contributed by atoms with Gasteiger partial charge in [0.15, 0.2) is 5.78 Å². The zero-order valence-corrected chi connectivity index (χ0v) is 9.38. The van der Waals surface area contributed by atoms with E-state index in [2.05, 4.69) is 0 Å². The average molecular weight is 225 g/mol. The van der Waals surface area contributed by atoms with E-state index in [-0.39, 0.29) is 11.7 Å². The molecule has 2 rings (SSSR count). The highest BCUT2D eigenvalue weighted by Crippen LogP contribution is 2.32. The van der Waals surface area contributed by atoms with E-state index in [1.807, 2.05) is 0 Å². The molecular formula is C12H13ClO2. The van der Waals surface area contributed by atoms with Crippen molar-refractivity contribution in [3.8, 4) is 5.75 Å². The van der Waals surface area contributed by atoms with Crippen LogP contribution in [0.4, 0.5) is 0 Å². The van der Waals surface area contributed by atoms with Gasteiger partial charge in [-0.3, -0.25) is 4.79 Å². The minimum Gasteiger partial charge on any atom is -0.495 e. The molecule has 2 nitrogen and oxygen atoms in total. The summed E-state index contributed by atoms with van der Waals surface area (Å²) in [6.45, 7) is 0. The van der Waals surface area contributed by atoms with Gasteiger partial charge in [-0.2, -0.15) is 0 Å². The summed E-state index contributed by atoms with van der Waals surface area (Å²) in [5.74, 6) is 1.01. The van der Waals surface area contributed by atoms with Crippen molar-refractivity contribution in [3.05, 3.63) is 28.8 Å². The van der Waals surface area contributed by atoms with E-state index in [0.29, 0.717) is 16.3 Å². The fraction of sp³-hybridized carbons (Fsp3) is 0.417. The molecule has 0 spiro atoms. The molecule has 0 aromatic heterocycles. The number of hydrogen-bond acceptors (Lipinski definition) is 2. The van der Waals surface area contributed by atoms with Gasteiger partial charge in [-0.1, -0.05) is 18.0 Å². The molecule has 15 heavy (non-hydrogen) atoms. The summed E-state index contributed by atoms with van der Waals surface area (Å²) in [6.07, 6.45) is 3.20. The normalized spacial score (nSPS) is 15.9. The lowest BCUT2D eigenvalue weighted by Crippen LogP contribution is -2.21. The monoisotopic (exact) mass is 224 g/mol. The van der Waals surface area contributed by atoms with Gasteiger partial charge in [0.2, 0.25) is 0 Å². The summed E-state index contributed by atoms with van der Waals surface area (Å²) < 4.78 is 5.08. The lowest BCUT2D eigenvalue weighted by Gasteiger charge is -2.23. The SMILES string of the molecule is COc1cc(C(=O)C2CCC2)ccc1Cl. The van der Waals surface area contributed by atoms with Gasteiger partial charge < -0.3 is 4.74 Å². The zero-order chi connectivity index (χ0) is 10.8. The minimum absolute atomic E-state index is 0.218. The molecule has 0 unspecified atom stereocenters. The predicted molar refractivity (Wildman–Crippen MR) is 59.7 cm³/mol. The van der Waals surface area contributed by atoms with Gasteiger partial charge >= 0.3 is 0 Å². The highest BCUT2D eigenvalue weighted by molar-refractivity contribution is 6.32. The van der Waals surface area contributed by atoms with Crippen molar-refractivity contribution < 1.29 is 9.53 Å². The molecular weight excluding hydrogens is 212 g/mol. The van der Waals surface area contributed by atoms with Gasteiger partial charge in [0.25, 0.3) is 0 Å². The topological polar surface area (TPSA) is 26.3 Å². The van der Waals surface area contributed by atoms with E-state index in [1.54, 1.807) is 25.3 Å². The zero-order valence-electron chi connectivity index (χ0n) is 8.63. The van der Waals surface area contributed by atoms with Crippen molar-refractivity contribution in [2.24, 2.45) is 5.92 Å². The number of ketones is 1. The summed E-state index contributed by atoms with van der Waals surface area (Å²) in [7, 11) is 1.55. The Labute approximate surface area is 94.2 Å². The Bertz CT molecular complexity index is 383. The van der Waals surface area contributed by atoms with Crippen LogP contribution in [0.5, 0.6) is 5.75 Å². The summed E-state index contributed by atoms with van der Waals surface area (Å²) >= 11 is 5.89. The maximum absolute atomic E-state index is 11.9. The van der Waals surface area contributed by atoms with Crippen LogP contribution in [0.3, 0.4) is 0 Å². The van der Waals surface area contributed by atoms with Crippen LogP contribution in [0.1, 0.15) is 29.6 Å². The number of halogens is 1. The molecule has 1 aliphatic rings. The molecule has 0 heterocycles. The van der Waals surface area contributed by atoms with Crippen molar-refractivity contribution >= 4 is 17.4 Å². The maximum atomic E-state index is 11.9. The summed E-state index contributed by atoms with van der Waals surface area (Å²) in [5.41, 5.74) is 0.709. The van der Waals surface area contributed by atoms with Crippen molar-refractivity contribution in [2.75, 3.05) is 7.11 Å². The Hall–Kier alpha value is -1.02. The Morgan fingerprint density at radius 2 is 2.20 bits per heavy atom. The van der Waals surface area contributed by atoms with Crippen LogP contribution >= 0.6 is 11.6 Å². The number of carbonyl (C=O) groups is 1. The fourth-order valence-corrected chi connectivity index (χ4v) is 1.91. The van der Waals surface area contributed by atoms with Crippen LogP contribution in [0, 0.1) is 5.92 Å². The molecule has 0 aliphatic heterocycles. The largest absolute Gasteiger partial charge is 0.495 e. The summed E-state index contributed by atoms with van der Waals surface area (Å²) in [4.78, 5) is 11.9.